The molecule has 0 bridgehead atoms. The van der Waals surface area contributed by atoms with Crippen LogP contribution in [0.2, 0.25) is 0 Å². The van der Waals surface area contributed by atoms with Gasteiger partial charge in [0.2, 0.25) is 0 Å². The van der Waals surface area contributed by atoms with Gasteiger partial charge in [0.1, 0.15) is 0 Å². The molecular formula is C8H18N2. The first-order chi connectivity index (χ1) is 4.70. The highest BCUT2D eigenvalue weighted by Gasteiger charge is 1.99. The smallest absolute Gasteiger partial charge is 0.0256 e. The average Bonchev–Trinajstić information content (AvgIpc) is 1.90. The molecule has 0 aromatic carbocycles. The van der Waals surface area contributed by atoms with Crippen molar-refractivity contribution in [3.05, 3.63) is 12.7 Å². The molecule has 2 nitrogen and oxygen atoms in total. The molecule has 0 fully saturated rings. The molecule has 10 heavy (non-hydrogen) atoms. The zero-order valence-electron chi connectivity index (χ0n) is 7.22. The molecule has 1 unspecified atom stereocenters. The van der Waals surface area contributed by atoms with Crippen molar-refractivity contribution in [2.45, 2.75) is 12.5 Å². The van der Waals surface area contributed by atoms with E-state index in [1.165, 1.54) is 0 Å². The Hall–Kier alpha value is -0.340. The van der Waals surface area contributed by atoms with Crippen LogP contribution in [0.15, 0.2) is 12.7 Å². The molecule has 0 rings (SSSR count). The molecule has 0 aromatic rings. The van der Waals surface area contributed by atoms with E-state index >= 15 is 0 Å². The minimum Gasteiger partial charge on any atom is -0.314 e. The van der Waals surface area contributed by atoms with Crippen LogP contribution in [0, 0.1) is 0 Å². The lowest BCUT2D eigenvalue weighted by Gasteiger charge is -2.14. The van der Waals surface area contributed by atoms with E-state index in [-0.39, 0.29) is 0 Å². The molecule has 2 heteroatoms. The third-order valence-corrected chi connectivity index (χ3v) is 1.54. The molecule has 1 atom stereocenters. The molecule has 0 aliphatic rings. The summed E-state index contributed by atoms with van der Waals surface area (Å²) in [6.45, 7) is 4.84. The Balaban J connectivity index is 3.34. The second-order valence-electron chi connectivity index (χ2n) is 2.72. The monoisotopic (exact) mass is 142 g/mol. The zero-order valence-corrected chi connectivity index (χ0v) is 7.22. The Morgan fingerprint density at radius 1 is 1.60 bits per heavy atom. The summed E-state index contributed by atoms with van der Waals surface area (Å²) < 4.78 is 0. The molecule has 0 heterocycles. The Morgan fingerprint density at radius 3 is 2.50 bits per heavy atom. The van der Waals surface area contributed by atoms with Gasteiger partial charge in [-0.2, -0.15) is 0 Å². The second kappa shape index (κ2) is 5.45. The largest absolute Gasteiger partial charge is 0.314 e. The fraction of sp³-hybridized carbons (Fsp3) is 0.750. The van der Waals surface area contributed by atoms with Crippen molar-refractivity contribution < 1.29 is 0 Å². The molecule has 0 radical (unpaired) electrons. The number of nitrogens with zero attached hydrogens (tertiary/aromatic N) is 1. The Kier molecular flexibility index (Phi) is 5.26. The van der Waals surface area contributed by atoms with Crippen molar-refractivity contribution in [1.29, 1.82) is 0 Å². The lowest BCUT2D eigenvalue weighted by molar-refractivity contribution is 0.382. The number of hydrogen-bond acceptors (Lipinski definition) is 2. The van der Waals surface area contributed by atoms with Gasteiger partial charge in [0.05, 0.1) is 0 Å². The van der Waals surface area contributed by atoms with E-state index in [2.05, 4.69) is 30.9 Å². The number of hydrogen-bond donors (Lipinski definition) is 1. The fourth-order valence-corrected chi connectivity index (χ4v) is 0.777. The van der Waals surface area contributed by atoms with Crippen LogP contribution in [0.25, 0.3) is 0 Å². The Bertz CT molecular complexity index is 89.3. The molecule has 0 aliphatic carbocycles. The standard InChI is InChI=1S/C8H18N2/c1-5-8(9-2)6-7-10(3)4/h5,8-9H,1,6-7H2,2-4H3. The predicted molar refractivity (Wildman–Crippen MR) is 46.2 cm³/mol. The Morgan fingerprint density at radius 2 is 2.20 bits per heavy atom. The van der Waals surface area contributed by atoms with E-state index in [1.54, 1.807) is 0 Å². The molecule has 0 saturated heterocycles. The molecule has 0 aromatic heterocycles. The first-order valence-electron chi connectivity index (χ1n) is 3.65. The summed E-state index contributed by atoms with van der Waals surface area (Å²) in [5, 5.41) is 3.16. The molecule has 0 spiro atoms. The van der Waals surface area contributed by atoms with Crippen molar-refractivity contribution in [1.82, 2.24) is 10.2 Å². The van der Waals surface area contributed by atoms with E-state index in [9.17, 15) is 0 Å². The van der Waals surface area contributed by atoms with E-state index in [4.69, 9.17) is 0 Å². The van der Waals surface area contributed by atoms with E-state index in [0.29, 0.717) is 6.04 Å². The SMILES string of the molecule is C=CC(CCN(C)C)NC. The Labute approximate surface area is 63.9 Å². The molecule has 0 amide bonds. The first kappa shape index (κ1) is 9.66. The molecular weight excluding hydrogens is 124 g/mol. The maximum Gasteiger partial charge on any atom is 0.0256 e. The van der Waals surface area contributed by atoms with Gasteiger partial charge in [-0.25, -0.2) is 0 Å². The van der Waals surface area contributed by atoms with E-state index < -0.39 is 0 Å². The van der Waals surface area contributed by atoms with Gasteiger partial charge in [-0.1, -0.05) is 6.08 Å². The van der Waals surface area contributed by atoms with Crippen molar-refractivity contribution in [2.75, 3.05) is 27.7 Å². The number of likely N-dealkylation sites (N-methyl/N-ethyl adjacent to an activating group) is 1. The molecule has 0 saturated carbocycles. The van der Waals surface area contributed by atoms with Gasteiger partial charge in [0, 0.05) is 6.04 Å². The van der Waals surface area contributed by atoms with E-state index in [1.807, 2.05) is 13.1 Å². The summed E-state index contributed by atoms with van der Waals surface area (Å²) in [6.07, 6.45) is 3.08. The third kappa shape index (κ3) is 4.53. The topological polar surface area (TPSA) is 15.3 Å². The maximum absolute atomic E-state index is 3.73. The van der Waals surface area contributed by atoms with Crippen LogP contribution in [0.1, 0.15) is 6.42 Å². The summed E-state index contributed by atoms with van der Waals surface area (Å²) in [4.78, 5) is 2.17. The van der Waals surface area contributed by atoms with Crippen LogP contribution in [0.3, 0.4) is 0 Å². The highest BCUT2D eigenvalue weighted by atomic mass is 15.1. The van der Waals surface area contributed by atoms with Crippen molar-refractivity contribution in [3.8, 4) is 0 Å². The van der Waals surface area contributed by atoms with Gasteiger partial charge < -0.3 is 10.2 Å². The van der Waals surface area contributed by atoms with Gasteiger partial charge in [0.25, 0.3) is 0 Å². The summed E-state index contributed by atoms with van der Waals surface area (Å²) in [7, 11) is 6.12. The third-order valence-electron chi connectivity index (χ3n) is 1.54. The summed E-state index contributed by atoms with van der Waals surface area (Å²) in [6, 6.07) is 0.461. The fourth-order valence-electron chi connectivity index (χ4n) is 0.777. The van der Waals surface area contributed by atoms with Crippen LogP contribution in [0.5, 0.6) is 0 Å². The van der Waals surface area contributed by atoms with Gasteiger partial charge in [-0.15, -0.1) is 6.58 Å². The lowest BCUT2D eigenvalue weighted by Crippen LogP contribution is -2.27. The minimum atomic E-state index is 0.461. The summed E-state index contributed by atoms with van der Waals surface area (Å²) >= 11 is 0. The van der Waals surface area contributed by atoms with Crippen LogP contribution >= 0.6 is 0 Å². The normalized spacial score (nSPS) is 13.6. The average molecular weight is 142 g/mol. The van der Waals surface area contributed by atoms with Gasteiger partial charge in [0.15, 0.2) is 0 Å². The quantitative estimate of drug-likeness (QED) is 0.569. The molecule has 60 valence electrons. The maximum atomic E-state index is 3.73. The van der Waals surface area contributed by atoms with Crippen molar-refractivity contribution >= 4 is 0 Å². The lowest BCUT2D eigenvalue weighted by atomic mass is 10.2. The first-order valence-corrected chi connectivity index (χ1v) is 3.65. The number of nitrogens with one attached hydrogen (secondary N) is 1. The summed E-state index contributed by atoms with van der Waals surface area (Å²) in [5.41, 5.74) is 0. The van der Waals surface area contributed by atoms with Crippen LogP contribution < -0.4 is 5.32 Å². The number of rotatable bonds is 5. The predicted octanol–water partition coefficient (Wildman–Crippen LogP) is 0.712. The summed E-state index contributed by atoms with van der Waals surface area (Å²) in [5.74, 6) is 0. The molecule has 0 aliphatic heterocycles. The zero-order chi connectivity index (χ0) is 7.98. The highest BCUT2D eigenvalue weighted by molar-refractivity contribution is 4.84. The van der Waals surface area contributed by atoms with Gasteiger partial charge >= 0.3 is 0 Å². The van der Waals surface area contributed by atoms with Crippen LogP contribution in [-0.4, -0.2) is 38.6 Å². The van der Waals surface area contributed by atoms with Crippen LogP contribution in [-0.2, 0) is 0 Å². The van der Waals surface area contributed by atoms with Crippen molar-refractivity contribution in [2.24, 2.45) is 0 Å². The minimum absolute atomic E-state index is 0.461. The van der Waals surface area contributed by atoms with E-state index in [0.717, 1.165) is 13.0 Å². The van der Waals surface area contributed by atoms with Crippen LogP contribution in [0.4, 0.5) is 0 Å². The van der Waals surface area contributed by atoms with Gasteiger partial charge in [-0.05, 0) is 34.1 Å². The molecule has 1 N–H and O–H groups in total. The van der Waals surface area contributed by atoms with Gasteiger partial charge in [-0.3, -0.25) is 0 Å². The van der Waals surface area contributed by atoms with Crippen molar-refractivity contribution in [3.63, 3.8) is 0 Å². The highest BCUT2D eigenvalue weighted by Crippen LogP contribution is 1.92. The second-order valence-corrected chi connectivity index (χ2v) is 2.72.